The van der Waals surface area contributed by atoms with Gasteiger partial charge in [0.15, 0.2) is 0 Å². The standard InChI is InChI=1S/C17H27N3O2S/c1-17(2,3)16-18-11-14(23-16)15(22)20-9-7-19(8-10-20)12-5-4-6-13(12)21/h11-13,21H,4-10H2,1-3H3. The van der Waals surface area contributed by atoms with Crippen LogP contribution in [0.4, 0.5) is 0 Å². The minimum atomic E-state index is -0.187. The van der Waals surface area contributed by atoms with Gasteiger partial charge in [-0.05, 0) is 19.3 Å². The zero-order valence-corrected chi connectivity index (χ0v) is 15.1. The molecule has 1 saturated heterocycles. The molecule has 3 rings (SSSR count). The highest BCUT2D eigenvalue weighted by molar-refractivity contribution is 7.13. The Labute approximate surface area is 142 Å². The van der Waals surface area contributed by atoms with E-state index in [4.69, 9.17) is 0 Å². The average Bonchev–Trinajstić information content (AvgIpc) is 3.15. The molecule has 1 aromatic rings. The molecule has 1 N–H and O–H groups in total. The fraction of sp³-hybridized carbons (Fsp3) is 0.765. The quantitative estimate of drug-likeness (QED) is 0.898. The SMILES string of the molecule is CC(C)(C)c1ncc(C(=O)N2CCN(C3CCCC3O)CC2)s1. The second kappa shape index (κ2) is 6.49. The summed E-state index contributed by atoms with van der Waals surface area (Å²) in [6.45, 7) is 9.55. The third kappa shape index (κ3) is 3.59. The summed E-state index contributed by atoms with van der Waals surface area (Å²) in [5.41, 5.74) is -0.0134. The summed E-state index contributed by atoms with van der Waals surface area (Å²) in [7, 11) is 0. The monoisotopic (exact) mass is 337 g/mol. The smallest absolute Gasteiger partial charge is 0.265 e. The topological polar surface area (TPSA) is 56.7 Å². The molecule has 1 saturated carbocycles. The first-order valence-corrected chi connectivity index (χ1v) is 9.35. The van der Waals surface area contributed by atoms with Crippen LogP contribution in [0.5, 0.6) is 0 Å². The fourth-order valence-corrected chi connectivity index (χ4v) is 4.42. The molecule has 2 aliphatic rings. The van der Waals surface area contributed by atoms with E-state index in [1.807, 2.05) is 4.90 Å². The maximum absolute atomic E-state index is 12.7. The first-order chi connectivity index (χ1) is 10.9. The number of aliphatic hydroxyl groups excluding tert-OH is 1. The van der Waals surface area contributed by atoms with Gasteiger partial charge in [-0.3, -0.25) is 9.69 Å². The van der Waals surface area contributed by atoms with Crippen molar-refractivity contribution < 1.29 is 9.90 Å². The summed E-state index contributed by atoms with van der Waals surface area (Å²) in [5, 5.41) is 11.1. The predicted octanol–water partition coefficient (Wildman–Crippen LogP) is 2.11. The number of nitrogens with zero attached hydrogens (tertiary/aromatic N) is 3. The van der Waals surface area contributed by atoms with E-state index in [1.54, 1.807) is 6.20 Å². The van der Waals surface area contributed by atoms with E-state index >= 15 is 0 Å². The van der Waals surface area contributed by atoms with Crippen molar-refractivity contribution in [1.82, 2.24) is 14.8 Å². The Hall–Kier alpha value is -0.980. The van der Waals surface area contributed by atoms with Crippen LogP contribution in [0, 0.1) is 0 Å². The molecule has 2 atom stereocenters. The van der Waals surface area contributed by atoms with Gasteiger partial charge in [-0.2, -0.15) is 0 Å². The Bertz CT molecular complexity index is 558. The van der Waals surface area contributed by atoms with Gasteiger partial charge in [0.05, 0.1) is 17.3 Å². The number of amides is 1. The number of carbonyl (C=O) groups is 1. The van der Waals surface area contributed by atoms with Crippen LogP contribution in [-0.2, 0) is 5.41 Å². The van der Waals surface area contributed by atoms with Crippen LogP contribution >= 0.6 is 11.3 Å². The van der Waals surface area contributed by atoms with Gasteiger partial charge in [0.25, 0.3) is 5.91 Å². The van der Waals surface area contributed by atoms with E-state index in [2.05, 4.69) is 30.7 Å². The van der Waals surface area contributed by atoms with Crippen molar-refractivity contribution in [3.63, 3.8) is 0 Å². The van der Waals surface area contributed by atoms with Crippen LogP contribution in [-0.4, -0.2) is 64.1 Å². The molecule has 1 aliphatic heterocycles. The van der Waals surface area contributed by atoms with Gasteiger partial charge in [-0.1, -0.05) is 20.8 Å². The molecule has 0 spiro atoms. The number of carbonyl (C=O) groups excluding carboxylic acids is 1. The Morgan fingerprint density at radius 2 is 1.96 bits per heavy atom. The van der Waals surface area contributed by atoms with Crippen LogP contribution in [0.15, 0.2) is 6.20 Å². The van der Waals surface area contributed by atoms with Crippen LogP contribution in [0.1, 0.15) is 54.7 Å². The molecule has 5 nitrogen and oxygen atoms in total. The van der Waals surface area contributed by atoms with Gasteiger partial charge in [0, 0.05) is 37.6 Å². The first kappa shape index (κ1) is 16.9. The number of hydrogen-bond donors (Lipinski definition) is 1. The van der Waals surface area contributed by atoms with Gasteiger partial charge in [-0.25, -0.2) is 4.98 Å². The van der Waals surface area contributed by atoms with E-state index in [0.717, 1.165) is 55.3 Å². The molecular formula is C17H27N3O2S. The van der Waals surface area contributed by atoms with Crippen molar-refractivity contribution in [3.05, 3.63) is 16.1 Å². The van der Waals surface area contributed by atoms with Crippen LogP contribution in [0.3, 0.4) is 0 Å². The number of piperazine rings is 1. The van der Waals surface area contributed by atoms with E-state index < -0.39 is 0 Å². The summed E-state index contributed by atoms with van der Waals surface area (Å²) >= 11 is 1.51. The van der Waals surface area contributed by atoms with Crippen LogP contribution < -0.4 is 0 Å². The predicted molar refractivity (Wildman–Crippen MR) is 91.9 cm³/mol. The maximum Gasteiger partial charge on any atom is 0.265 e. The third-order valence-corrected chi connectivity index (χ3v) is 6.28. The second-order valence-electron chi connectivity index (χ2n) is 7.67. The largest absolute Gasteiger partial charge is 0.391 e. The van der Waals surface area contributed by atoms with Gasteiger partial charge in [0.2, 0.25) is 0 Å². The highest BCUT2D eigenvalue weighted by Gasteiger charge is 2.34. The third-order valence-electron chi connectivity index (χ3n) is 4.87. The summed E-state index contributed by atoms with van der Waals surface area (Å²) in [4.78, 5) is 22.1. The van der Waals surface area contributed by atoms with Gasteiger partial charge < -0.3 is 10.0 Å². The Balaban J connectivity index is 1.59. The first-order valence-electron chi connectivity index (χ1n) is 8.54. The average molecular weight is 337 g/mol. The normalized spacial score (nSPS) is 26.7. The van der Waals surface area contributed by atoms with Gasteiger partial charge in [-0.15, -0.1) is 11.3 Å². The molecule has 2 unspecified atom stereocenters. The van der Waals surface area contributed by atoms with Crippen molar-refractivity contribution in [2.75, 3.05) is 26.2 Å². The fourth-order valence-electron chi connectivity index (χ4n) is 3.48. The summed E-state index contributed by atoms with van der Waals surface area (Å²) in [5.74, 6) is 0.102. The van der Waals surface area contributed by atoms with Crippen molar-refractivity contribution in [3.8, 4) is 0 Å². The molecule has 1 aromatic heterocycles. The summed E-state index contributed by atoms with van der Waals surface area (Å²) in [6, 6.07) is 0.295. The second-order valence-corrected chi connectivity index (χ2v) is 8.70. The lowest BCUT2D eigenvalue weighted by Crippen LogP contribution is -2.53. The molecule has 0 aromatic carbocycles. The van der Waals surface area contributed by atoms with E-state index in [9.17, 15) is 9.90 Å². The lowest BCUT2D eigenvalue weighted by molar-refractivity contribution is 0.0317. The van der Waals surface area contributed by atoms with Crippen molar-refractivity contribution in [2.45, 2.75) is 57.6 Å². The molecule has 0 radical (unpaired) electrons. The molecule has 0 bridgehead atoms. The minimum Gasteiger partial charge on any atom is -0.391 e. The van der Waals surface area contributed by atoms with Crippen molar-refractivity contribution >= 4 is 17.2 Å². The highest BCUT2D eigenvalue weighted by Crippen LogP contribution is 2.28. The molecule has 23 heavy (non-hydrogen) atoms. The molecular weight excluding hydrogens is 310 g/mol. The number of hydrogen-bond acceptors (Lipinski definition) is 5. The minimum absolute atomic E-state index is 0.0134. The van der Waals surface area contributed by atoms with E-state index in [0.29, 0.717) is 6.04 Å². The Morgan fingerprint density at radius 3 is 2.48 bits per heavy atom. The van der Waals surface area contributed by atoms with E-state index in [1.165, 1.54) is 11.3 Å². The molecule has 1 aliphatic carbocycles. The molecule has 2 heterocycles. The van der Waals surface area contributed by atoms with Gasteiger partial charge in [0.1, 0.15) is 4.88 Å². The lowest BCUT2D eigenvalue weighted by Gasteiger charge is -2.38. The van der Waals surface area contributed by atoms with Gasteiger partial charge >= 0.3 is 0 Å². The number of thiazole rings is 1. The lowest BCUT2D eigenvalue weighted by atomic mass is 9.98. The zero-order chi connectivity index (χ0) is 16.6. The number of rotatable bonds is 2. The summed E-state index contributed by atoms with van der Waals surface area (Å²) < 4.78 is 0. The van der Waals surface area contributed by atoms with Crippen molar-refractivity contribution in [2.24, 2.45) is 0 Å². The van der Waals surface area contributed by atoms with E-state index in [-0.39, 0.29) is 17.4 Å². The summed E-state index contributed by atoms with van der Waals surface area (Å²) in [6.07, 6.45) is 4.65. The molecule has 6 heteroatoms. The van der Waals surface area contributed by atoms with Crippen LogP contribution in [0.25, 0.3) is 0 Å². The number of aliphatic hydroxyl groups is 1. The Kier molecular flexibility index (Phi) is 4.76. The number of aromatic nitrogens is 1. The molecule has 1 amide bonds. The highest BCUT2D eigenvalue weighted by atomic mass is 32.1. The van der Waals surface area contributed by atoms with Crippen molar-refractivity contribution in [1.29, 1.82) is 0 Å². The maximum atomic E-state index is 12.7. The Morgan fingerprint density at radius 1 is 1.26 bits per heavy atom. The molecule has 2 fully saturated rings. The molecule has 128 valence electrons. The van der Waals surface area contributed by atoms with Crippen LogP contribution in [0.2, 0.25) is 0 Å². The zero-order valence-electron chi connectivity index (χ0n) is 14.3.